The first kappa shape index (κ1) is 14.0. The van der Waals surface area contributed by atoms with Crippen molar-refractivity contribution in [1.29, 1.82) is 0 Å². The smallest absolute Gasteiger partial charge is 0.149 e. The van der Waals surface area contributed by atoms with Crippen LogP contribution in [-0.4, -0.2) is 26.9 Å². The van der Waals surface area contributed by atoms with Gasteiger partial charge in [-0.25, -0.2) is 0 Å². The number of aryl methyl sites for hydroxylation is 2. The minimum atomic E-state index is 0.238. The first-order valence-corrected chi connectivity index (χ1v) is 7.31. The highest BCUT2D eigenvalue weighted by Gasteiger charge is 2.14. The Morgan fingerprint density at radius 2 is 2.00 bits per heavy atom. The number of hydrogen-bond acceptors (Lipinski definition) is 6. The molecule has 102 valence electrons. The molecule has 0 aliphatic rings. The predicted octanol–water partition coefficient (Wildman–Crippen LogP) is 2.67. The first-order chi connectivity index (χ1) is 9.11. The second-order valence-electron chi connectivity index (χ2n) is 4.61. The molecule has 0 amide bonds. The highest BCUT2D eigenvalue weighted by atomic mass is 32.1. The highest BCUT2D eigenvalue weighted by Crippen LogP contribution is 2.28. The van der Waals surface area contributed by atoms with Crippen molar-refractivity contribution in [3.63, 3.8) is 0 Å². The van der Waals surface area contributed by atoms with E-state index in [4.69, 9.17) is 0 Å². The lowest BCUT2D eigenvalue weighted by atomic mass is 10.2. The van der Waals surface area contributed by atoms with Gasteiger partial charge in [-0.15, -0.1) is 10.2 Å². The van der Waals surface area contributed by atoms with Gasteiger partial charge in [0.2, 0.25) is 0 Å². The molecule has 1 atom stereocenters. The lowest BCUT2D eigenvalue weighted by Crippen LogP contribution is -2.18. The SMILES string of the molecule is CCCNC(C)c1nnc(-c2cc(C)nnc2C)s1. The van der Waals surface area contributed by atoms with Crippen LogP contribution in [0.15, 0.2) is 6.07 Å². The third-order valence-corrected chi connectivity index (χ3v) is 3.98. The molecule has 1 N–H and O–H groups in total. The van der Waals surface area contributed by atoms with Crippen LogP contribution in [-0.2, 0) is 0 Å². The number of aromatic nitrogens is 4. The fourth-order valence-electron chi connectivity index (χ4n) is 1.73. The van der Waals surface area contributed by atoms with E-state index >= 15 is 0 Å². The summed E-state index contributed by atoms with van der Waals surface area (Å²) < 4.78 is 0. The van der Waals surface area contributed by atoms with Gasteiger partial charge in [0, 0.05) is 5.56 Å². The van der Waals surface area contributed by atoms with E-state index in [-0.39, 0.29) is 6.04 Å². The quantitative estimate of drug-likeness (QED) is 0.910. The van der Waals surface area contributed by atoms with Gasteiger partial charge in [-0.3, -0.25) is 0 Å². The van der Waals surface area contributed by atoms with E-state index in [0.717, 1.165) is 39.9 Å². The van der Waals surface area contributed by atoms with E-state index < -0.39 is 0 Å². The average Bonchev–Trinajstić information content (AvgIpc) is 2.88. The Labute approximate surface area is 117 Å². The molecule has 0 spiro atoms. The minimum absolute atomic E-state index is 0.238. The maximum Gasteiger partial charge on any atom is 0.149 e. The van der Waals surface area contributed by atoms with E-state index in [1.54, 1.807) is 11.3 Å². The van der Waals surface area contributed by atoms with Gasteiger partial charge in [-0.1, -0.05) is 18.3 Å². The molecule has 0 aliphatic heterocycles. The van der Waals surface area contributed by atoms with Crippen molar-refractivity contribution in [2.45, 2.75) is 40.2 Å². The number of nitrogens with one attached hydrogen (secondary N) is 1. The van der Waals surface area contributed by atoms with Crippen molar-refractivity contribution in [2.75, 3.05) is 6.54 Å². The summed E-state index contributed by atoms with van der Waals surface area (Å²) in [6.07, 6.45) is 1.11. The molecule has 2 aromatic heterocycles. The second-order valence-corrected chi connectivity index (χ2v) is 5.62. The Hall–Kier alpha value is -1.40. The van der Waals surface area contributed by atoms with Gasteiger partial charge in [0.05, 0.1) is 17.4 Å². The molecule has 6 heteroatoms. The lowest BCUT2D eigenvalue weighted by molar-refractivity contribution is 0.564. The van der Waals surface area contributed by atoms with Gasteiger partial charge < -0.3 is 5.32 Å². The largest absolute Gasteiger partial charge is 0.308 e. The van der Waals surface area contributed by atoms with Crippen molar-refractivity contribution in [1.82, 2.24) is 25.7 Å². The molecule has 2 aromatic rings. The topological polar surface area (TPSA) is 63.6 Å². The maximum atomic E-state index is 4.28. The van der Waals surface area contributed by atoms with Crippen LogP contribution in [0.5, 0.6) is 0 Å². The highest BCUT2D eigenvalue weighted by molar-refractivity contribution is 7.14. The molecular formula is C13H19N5S. The summed E-state index contributed by atoms with van der Waals surface area (Å²) in [6, 6.07) is 2.25. The van der Waals surface area contributed by atoms with Crippen LogP contribution in [0.4, 0.5) is 0 Å². The monoisotopic (exact) mass is 277 g/mol. The molecule has 0 saturated carbocycles. The van der Waals surface area contributed by atoms with E-state index in [2.05, 4.69) is 39.6 Å². The summed E-state index contributed by atoms with van der Waals surface area (Å²) in [5, 5.41) is 22.1. The van der Waals surface area contributed by atoms with Crippen molar-refractivity contribution < 1.29 is 0 Å². The van der Waals surface area contributed by atoms with Crippen LogP contribution in [0.1, 0.15) is 42.7 Å². The van der Waals surface area contributed by atoms with E-state index in [1.165, 1.54) is 0 Å². The van der Waals surface area contributed by atoms with Gasteiger partial charge in [-0.2, -0.15) is 10.2 Å². The van der Waals surface area contributed by atoms with E-state index in [9.17, 15) is 0 Å². The van der Waals surface area contributed by atoms with Gasteiger partial charge in [0.25, 0.3) is 0 Å². The summed E-state index contributed by atoms with van der Waals surface area (Å²) in [4.78, 5) is 0. The van der Waals surface area contributed by atoms with Crippen molar-refractivity contribution in [2.24, 2.45) is 0 Å². The minimum Gasteiger partial charge on any atom is -0.308 e. The molecule has 0 aliphatic carbocycles. The normalized spacial score (nSPS) is 12.6. The standard InChI is InChI=1S/C13H19N5S/c1-5-6-14-10(4)12-17-18-13(19-12)11-7-8(2)15-16-9(11)3/h7,10,14H,5-6H2,1-4H3. The van der Waals surface area contributed by atoms with Crippen molar-refractivity contribution in [3.05, 3.63) is 22.5 Å². The summed E-state index contributed by atoms with van der Waals surface area (Å²) in [5.74, 6) is 0. The number of rotatable bonds is 5. The molecule has 2 rings (SSSR count). The molecule has 0 bridgehead atoms. The van der Waals surface area contributed by atoms with Crippen LogP contribution in [0.25, 0.3) is 10.6 Å². The van der Waals surface area contributed by atoms with Gasteiger partial charge in [0.1, 0.15) is 10.0 Å². The average molecular weight is 277 g/mol. The summed E-state index contributed by atoms with van der Waals surface area (Å²) in [7, 11) is 0. The third-order valence-electron chi connectivity index (χ3n) is 2.84. The molecule has 0 radical (unpaired) electrons. The van der Waals surface area contributed by atoms with Crippen molar-refractivity contribution >= 4 is 11.3 Å². The third kappa shape index (κ3) is 3.33. The molecule has 1 unspecified atom stereocenters. The Morgan fingerprint density at radius 1 is 1.21 bits per heavy atom. The van der Waals surface area contributed by atoms with Crippen LogP contribution in [0, 0.1) is 13.8 Å². The first-order valence-electron chi connectivity index (χ1n) is 6.50. The van der Waals surface area contributed by atoms with Crippen LogP contribution in [0.2, 0.25) is 0 Å². The summed E-state index contributed by atoms with van der Waals surface area (Å²) >= 11 is 1.61. The number of nitrogens with zero attached hydrogens (tertiary/aromatic N) is 4. The summed E-state index contributed by atoms with van der Waals surface area (Å²) in [5.41, 5.74) is 2.82. The molecule has 0 saturated heterocycles. The van der Waals surface area contributed by atoms with Crippen molar-refractivity contribution in [3.8, 4) is 10.6 Å². The molecular weight excluding hydrogens is 258 g/mol. The zero-order valence-electron chi connectivity index (χ0n) is 11.8. The Kier molecular flexibility index (Phi) is 4.55. The molecule has 2 heterocycles. The van der Waals surface area contributed by atoms with Crippen LogP contribution in [0.3, 0.4) is 0 Å². The molecule has 0 aromatic carbocycles. The fourth-order valence-corrected chi connectivity index (χ4v) is 2.67. The molecule has 5 nitrogen and oxygen atoms in total. The fraction of sp³-hybridized carbons (Fsp3) is 0.538. The summed E-state index contributed by atoms with van der Waals surface area (Å²) in [6.45, 7) is 9.14. The lowest BCUT2D eigenvalue weighted by Gasteiger charge is -2.08. The Balaban J connectivity index is 2.23. The second kappa shape index (κ2) is 6.16. The molecule has 19 heavy (non-hydrogen) atoms. The van der Waals surface area contributed by atoms with Gasteiger partial charge >= 0.3 is 0 Å². The predicted molar refractivity (Wildman–Crippen MR) is 77.1 cm³/mol. The zero-order valence-corrected chi connectivity index (χ0v) is 12.6. The maximum absolute atomic E-state index is 4.28. The van der Waals surface area contributed by atoms with Gasteiger partial charge in [-0.05, 0) is 39.8 Å². The van der Waals surface area contributed by atoms with Crippen LogP contribution >= 0.6 is 11.3 Å². The van der Waals surface area contributed by atoms with Gasteiger partial charge in [0.15, 0.2) is 0 Å². The number of hydrogen-bond donors (Lipinski definition) is 1. The Morgan fingerprint density at radius 3 is 2.74 bits per heavy atom. The van der Waals surface area contributed by atoms with E-state index in [0.29, 0.717) is 0 Å². The molecule has 0 fully saturated rings. The van der Waals surface area contributed by atoms with Crippen LogP contribution < -0.4 is 5.32 Å². The zero-order chi connectivity index (χ0) is 13.8. The van der Waals surface area contributed by atoms with E-state index in [1.807, 2.05) is 19.9 Å². The Bertz CT molecular complexity index is 552.